The molecule has 0 spiro atoms. The lowest BCUT2D eigenvalue weighted by atomic mass is 10.2. The largest absolute Gasteiger partial charge is 0.493 e. The molecule has 0 saturated carbocycles. The predicted octanol–water partition coefficient (Wildman–Crippen LogP) is 3.62. The third kappa shape index (κ3) is 5.00. The van der Waals surface area contributed by atoms with Gasteiger partial charge in [0.25, 0.3) is 0 Å². The number of carbonyl (C=O) groups excluding carboxylic acids is 1. The van der Waals surface area contributed by atoms with Crippen molar-refractivity contribution in [2.45, 2.75) is 0 Å². The molecule has 2 rings (SSSR count). The first-order chi connectivity index (χ1) is 11.1. The fourth-order valence-electron chi connectivity index (χ4n) is 1.79. The van der Waals surface area contributed by atoms with E-state index in [2.05, 4.69) is 31.8 Å². The van der Waals surface area contributed by atoms with Crippen LogP contribution >= 0.6 is 15.9 Å². The van der Waals surface area contributed by atoms with Gasteiger partial charge in [0.1, 0.15) is 0 Å². The minimum Gasteiger partial charge on any atom is -0.493 e. The molecule has 2 aromatic rings. The van der Waals surface area contributed by atoms with E-state index in [1.54, 1.807) is 44.6 Å². The van der Waals surface area contributed by atoms with E-state index in [0.29, 0.717) is 17.2 Å². The first kappa shape index (κ1) is 16.8. The van der Waals surface area contributed by atoms with Crippen LogP contribution in [0.4, 0.5) is 10.5 Å². The third-order valence-electron chi connectivity index (χ3n) is 2.89. The Morgan fingerprint density at radius 2 is 1.78 bits per heavy atom. The summed E-state index contributed by atoms with van der Waals surface area (Å²) in [5.74, 6) is 1.22. The number of carbonyl (C=O) groups is 1. The Kier molecular flexibility index (Phi) is 5.99. The molecule has 23 heavy (non-hydrogen) atoms. The number of amides is 2. The van der Waals surface area contributed by atoms with Gasteiger partial charge in [-0.2, -0.15) is 5.10 Å². The predicted molar refractivity (Wildman–Crippen MR) is 93.4 cm³/mol. The van der Waals surface area contributed by atoms with E-state index in [1.807, 2.05) is 12.1 Å². The lowest BCUT2D eigenvalue weighted by Crippen LogP contribution is -2.24. The minimum atomic E-state index is -0.427. The molecule has 0 atom stereocenters. The molecule has 0 fully saturated rings. The lowest BCUT2D eigenvalue weighted by Gasteiger charge is -2.07. The number of halogens is 1. The number of hydrogen-bond acceptors (Lipinski definition) is 4. The molecular formula is C16H16BrN3O3. The van der Waals surface area contributed by atoms with Gasteiger partial charge in [-0.25, -0.2) is 10.2 Å². The number of nitrogens with zero attached hydrogens (tertiary/aromatic N) is 1. The topological polar surface area (TPSA) is 72.0 Å². The average Bonchev–Trinajstić information content (AvgIpc) is 2.56. The van der Waals surface area contributed by atoms with Crippen molar-refractivity contribution in [2.75, 3.05) is 19.5 Å². The number of rotatable bonds is 5. The second-order valence-corrected chi connectivity index (χ2v) is 5.36. The normalized spacial score (nSPS) is 10.4. The summed E-state index contributed by atoms with van der Waals surface area (Å²) >= 11 is 3.33. The van der Waals surface area contributed by atoms with Gasteiger partial charge in [-0.05, 0) is 48.0 Å². The number of nitrogens with one attached hydrogen (secondary N) is 2. The highest BCUT2D eigenvalue weighted by atomic mass is 79.9. The van der Waals surface area contributed by atoms with Gasteiger partial charge in [0.15, 0.2) is 11.5 Å². The third-order valence-corrected chi connectivity index (χ3v) is 3.42. The summed E-state index contributed by atoms with van der Waals surface area (Å²) in [4.78, 5) is 11.7. The van der Waals surface area contributed by atoms with Crippen LogP contribution in [0.25, 0.3) is 0 Å². The second-order valence-electron chi connectivity index (χ2n) is 4.45. The summed E-state index contributed by atoms with van der Waals surface area (Å²) in [6, 6.07) is 12.1. The maximum Gasteiger partial charge on any atom is 0.339 e. The Bertz CT molecular complexity index is 702. The smallest absolute Gasteiger partial charge is 0.339 e. The van der Waals surface area contributed by atoms with Gasteiger partial charge in [-0.15, -0.1) is 0 Å². The van der Waals surface area contributed by atoms with Gasteiger partial charge >= 0.3 is 6.03 Å². The van der Waals surface area contributed by atoms with E-state index >= 15 is 0 Å². The average molecular weight is 378 g/mol. The van der Waals surface area contributed by atoms with Gasteiger partial charge in [0, 0.05) is 10.2 Å². The highest BCUT2D eigenvalue weighted by Crippen LogP contribution is 2.26. The molecular weight excluding hydrogens is 362 g/mol. The van der Waals surface area contributed by atoms with E-state index in [0.717, 1.165) is 10.0 Å². The molecule has 7 heteroatoms. The molecule has 0 heterocycles. The van der Waals surface area contributed by atoms with Crippen molar-refractivity contribution in [2.24, 2.45) is 5.10 Å². The molecule has 2 amide bonds. The Labute approximate surface area is 142 Å². The van der Waals surface area contributed by atoms with Crippen LogP contribution in [-0.2, 0) is 0 Å². The molecule has 0 aliphatic rings. The van der Waals surface area contributed by atoms with Gasteiger partial charge in [0.05, 0.1) is 20.4 Å². The van der Waals surface area contributed by atoms with Crippen LogP contribution in [0.3, 0.4) is 0 Å². The minimum absolute atomic E-state index is 0.427. The molecule has 2 N–H and O–H groups in total. The number of urea groups is 1. The van der Waals surface area contributed by atoms with E-state index in [4.69, 9.17) is 9.47 Å². The summed E-state index contributed by atoms with van der Waals surface area (Å²) in [7, 11) is 3.13. The zero-order valence-electron chi connectivity index (χ0n) is 12.7. The summed E-state index contributed by atoms with van der Waals surface area (Å²) in [6.07, 6.45) is 1.52. The number of methoxy groups -OCH3 is 2. The van der Waals surface area contributed by atoms with Crippen molar-refractivity contribution in [3.63, 3.8) is 0 Å². The van der Waals surface area contributed by atoms with Gasteiger partial charge in [-0.3, -0.25) is 0 Å². The quantitative estimate of drug-likeness (QED) is 0.617. The van der Waals surface area contributed by atoms with Crippen molar-refractivity contribution in [1.82, 2.24) is 5.43 Å². The molecule has 0 aliphatic heterocycles. The van der Waals surface area contributed by atoms with Crippen molar-refractivity contribution < 1.29 is 14.3 Å². The monoisotopic (exact) mass is 377 g/mol. The van der Waals surface area contributed by atoms with Crippen LogP contribution in [0.2, 0.25) is 0 Å². The number of benzene rings is 2. The number of hydrogen-bond donors (Lipinski definition) is 2. The summed E-state index contributed by atoms with van der Waals surface area (Å²) in [5, 5.41) is 6.56. The van der Waals surface area contributed by atoms with Crippen LogP contribution in [0.15, 0.2) is 52.0 Å². The SMILES string of the molecule is COc1ccc(/C=N/NC(=O)Nc2ccc(Br)cc2)cc1OC. The molecule has 0 radical (unpaired) electrons. The highest BCUT2D eigenvalue weighted by Gasteiger charge is 2.03. The Hall–Kier alpha value is -2.54. The van der Waals surface area contributed by atoms with E-state index in [9.17, 15) is 4.79 Å². The van der Waals surface area contributed by atoms with Gasteiger partial charge in [-0.1, -0.05) is 15.9 Å². The Balaban J connectivity index is 1.93. The fraction of sp³-hybridized carbons (Fsp3) is 0.125. The van der Waals surface area contributed by atoms with E-state index in [-0.39, 0.29) is 0 Å². The summed E-state index contributed by atoms with van der Waals surface area (Å²) in [5.41, 5.74) is 3.84. The maximum absolute atomic E-state index is 11.7. The molecule has 0 saturated heterocycles. The number of ether oxygens (including phenoxy) is 2. The number of anilines is 1. The molecule has 0 unspecified atom stereocenters. The van der Waals surface area contributed by atoms with Crippen molar-refractivity contribution in [3.8, 4) is 11.5 Å². The summed E-state index contributed by atoms with van der Waals surface area (Å²) in [6.45, 7) is 0. The first-order valence-corrected chi connectivity index (χ1v) is 7.49. The van der Waals surface area contributed by atoms with Crippen LogP contribution in [0.1, 0.15) is 5.56 Å². The van der Waals surface area contributed by atoms with Gasteiger partial charge in [0.2, 0.25) is 0 Å². The van der Waals surface area contributed by atoms with Crippen LogP contribution in [0.5, 0.6) is 11.5 Å². The molecule has 120 valence electrons. The molecule has 0 bridgehead atoms. The zero-order chi connectivity index (χ0) is 16.7. The zero-order valence-corrected chi connectivity index (χ0v) is 14.3. The second kappa shape index (κ2) is 8.19. The van der Waals surface area contributed by atoms with Crippen LogP contribution in [-0.4, -0.2) is 26.5 Å². The van der Waals surface area contributed by atoms with Crippen molar-refractivity contribution in [3.05, 3.63) is 52.5 Å². The standard InChI is InChI=1S/C16H16BrN3O3/c1-22-14-8-3-11(9-15(14)23-2)10-18-20-16(21)19-13-6-4-12(17)5-7-13/h3-10H,1-2H3,(H2,19,20,21)/b18-10+. The van der Waals surface area contributed by atoms with Gasteiger partial charge < -0.3 is 14.8 Å². The lowest BCUT2D eigenvalue weighted by molar-refractivity contribution is 0.252. The maximum atomic E-state index is 11.7. The van der Waals surface area contributed by atoms with Crippen molar-refractivity contribution in [1.29, 1.82) is 0 Å². The van der Waals surface area contributed by atoms with Crippen LogP contribution in [0, 0.1) is 0 Å². The Morgan fingerprint density at radius 3 is 2.43 bits per heavy atom. The molecule has 2 aromatic carbocycles. The molecule has 0 aromatic heterocycles. The summed E-state index contributed by atoms with van der Waals surface area (Å²) < 4.78 is 11.3. The number of hydrazone groups is 1. The van der Waals surface area contributed by atoms with E-state index in [1.165, 1.54) is 6.21 Å². The Morgan fingerprint density at radius 1 is 1.09 bits per heavy atom. The van der Waals surface area contributed by atoms with E-state index < -0.39 is 6.03 Å². The van der Waals surface area contributed by atoms with Crippen LogP contribution < -0.4 is 20.2 Å². The molecule has 0 aliphatic carbocycles. The first-order valence-electron chi connectivity index (χ1n) is 6.70. The fourth-order valence-corrected chi connectivity index (χ4v) is 2.06. The van der Waals surface area contributed by atoms with Crippen molar-refractivity contribution >= 4 is 33.9 Å². The molecule has 6 nitrogen and oxygen atoms in total. The highest BCUT2D eigenvalue weighted by molar-refractivity contribution is 9.10.